The first kappa shape index (κ1) is 22.1. The molecule has 1 aliphatic rings. The average molecular weight is 422 g/mol. The van der Waals surface area contributed by atoms with Crippen molar-refractivity contribution in [3.8, 4) is 0 Å². The molecule has 2 aromatic carbocycles. The van der Waals surface area contributed by atoms with Crippen LogP contribution in [-0.4, -0.2) is 44.1 Å². The van der Waals surface area contributed by atoms with Gasteiger partial charge in [0.2, 0.25) is 0 Å². The van der Waals surface area contributed by atoms with Crippen LogP contribution in [0, 0.1) is 6.92 Å². The number of nitrogens with zero attached hydrogens (tertiary/aromatic N) is 1. The summed E-state index contributed by atoms with van der Waals surface area (Å²) in [6.45, 7) is 4.12. The van der Waals surface area contributed by atoms with Crippen LogP contribution >= 0.6 is 0 Å². The predicted octanol–water partition coefficient (Wildman–Crippen LogP) is 2.53. The number of esters is 2. The lowest BCUT2D eigenvalue weighted by Gasteiger charge is -2.24. The summed E-state index contributed by atoms with van der Waals surface area (Å²) in [7, 11) is 1.22. The Morgan fingerprint density at radius 3 is 2.35 bits per heavy atom. The number of anilines is 1. The van der Waals surface area contributed by atoms with E-state index in [1.165, 1.54) is 12.0 Å². The van der Waals surface area contributed by atoms with E-state index < -0.39 is 23.9 Å². The van der Waals surface area contributed by atoms with Crippen LogP contribution in [0.15, 0.2) is 65.9 Å². The summed E-state index contributed by atoms with van der Waals surface area (Å²) in [4.78, 5) is 40.1. The van der Waals surface area contributed by atoms with Gasteiger partial charge < -0.3 is 14.8 Å². The summed E-state index contributed by atoms with van der Waals surface area (Å²) in [5, 5.41) is 3.06. The Morgan fingerprint density at radius 1 is 1.06 bits per heavy atom. The Labute approximate surface area is 181 Å². The number of carbonyl (C=O) groups excluding carboxylic acids is 3. The Kier molecular flexibility index (Phi) is 7.07. The first-order valence-electron chi connectivity index (χ1n) is 10.1. The van der Waals surface area contributed by atoms with Crippen molar-refractivity contribution in [1.82, 2.24) is 5.32 Å². The smallest absolute Gasteiger partial charge is 0.338 e. The molecular formula is C24H26N2O5. The topological polar surface area (TPSA) is 84.9 Å². The molecule has 0 saturated heterocycles. The van der Waals surface area contributed by atoms with Gasteiger partial charge in [-0.3, -0.25) is 9.69 Å². The summed E-state index contributed by atoms with van der Waals surface area (Å²) in [6, 6.07) is 15.7. The van der Waals surface area contributed by atoms with Gasteiger partial charge in [-0.2, -0.15) is 0 Å². The van der Waals surface area contributed by atoms with Crippen LogP contribution < -0.4 is 10.2 Å². The first-order valence-corrected chi connectivity index (χ1v) is 10.1. The zero-order valence-electron chi connectivity index (χ0n) is 17.9. The van der Waals surface area contributed by atoms with Crippen molar-refractivity contribution < 1.29 is 23.9 Å². The molecule has 1 aliphatic heterocycles. The maximum atomic E-state index is 13.4. The van der Waals surface area contributed by atoms with E-state index in [1.54, 1.807) is 19.1 Å². The number of hydrogen-bond acceptors (Lipinski definition) is 6. The van der Waals surface area contributed by atoms with E-state index in [9.17, 15) is 14.4 Å². The lowest BCUT2D eigenvalue weighted by molar-refractivity contribution is -0.146. The molecule has 1 amide bonds. The number of rotatable bonds is 8. The summed E-state index contributed by atoms with van der Waals surface area (Å²) >= 11 is 0. The summed E-state index contributed by atoms with van der Waals surface area (Å²) in [6.07, 6.45) is 0.640. The Balaban J connectivity index is 1.97. The molecule has 31 heavy (non-hydrogen) atoms. The van der Waals surface area contributed by atoms with Crippen LogP contribution in [0.2, 0.25) is 0 Å². The van der Waals surface area contributed by atoms with Crippen LogP contribution in [0.3, 0.4) is 0 Å². The molecule has 162 valence electrons. The molecule has 0 aliphatic carbocycles. The van der Waals surface area contributed by atoms with Gasteiger partial charge in [0.25, 0.3) is 5.91 Å². The molecule has 7 nitrogen and oxygen atoms in total. The third kappa shape index (κ3) is 4.77. The fraction of sp³-hybridized carbons (Fsp3) is 0.292. The Hall–Kier alpha value is -3.61. The predicted molar refractivity (Wildman–Crippen MR) is 116 cm³/mol. The molecule has 1 N–H and O–H groups in total. The van der Waals surface area contributed by atoms with E-state index in [-0.39, 0.29) is 17.9 Å². The van der Waals surface area contributed by atoms with E-state index >= 15 is 0 Å². The minimum absolute atomic E-state index is 0.0420. The van der Waals surface area contributed by atoms with E-state index in [4.69, 9.17) is 9.47 Å². The van der Waals surface area contributed by atoms with Gasteiger partial charge in [0.15, 0.2) is 6.04 Å². The highest BCUT2D eigenvalue weighted by Gasteiger charge is 2.48. The van der Waals surface area contributed by atoms with Crippen LogP contribution in [0.1, 0.15) is 18.1 Å². The average Bonchev–Trinajstić information content (AvgIpc) is 3.07. The minimum atomic E-state index is -1.22. The zero-order valence-corrected chi connectivity index (χ0v) is 17.9. The SMILES string of the molecule is CCOC(=O)C1C(C(=O)OC)=C(NCCc2ccccc2)C(=O)N1c1ccc(C)cc1. The zero-order chi connectivity index (χ0) is 22.4. The molecule has 0 aromatic heterocycles. The van der Waals surface area contributed by atoms with Gasteiger partial charge in [-0.05, 0) is 38.0 Å². The first-order chi connectivity index (χ1) is 15.0. The van der Waals surface area contributed by atoms with Crippen molar-refractivity contribution in [2.75, 3.05) is 25.2 Å². The number of nitrogens with one attached hydrogen (secondary N) is 1. The van der Waals surface area contributed by atoms with Crippen LogP contribution in [0.5, 0.6) is 0 Å². The molecule has 7 heteroatoms. The monoisotopic (exact) mass is 422 g/mol. The number of carbonyl (C=O) groups is 3. The van der Waals surface area contributed by atoms with Crippen molar-refractivity contribution in [3.63, 3.8) is 0 Å². The van der Waals surface area contributed by atoms with Gasteiger partial charge in [-0.15, -0.1) is 0 Å². The minimum Gasteiger partial charge on any atom is -0.466 e. The largest absolute Gasteiger partial charge is 0.466 e. The maximum Gasteiger partial charge on any atom is 0.338 e. The van der Waals surface area contributed by atoms with Crippen molar-refractivity contribution in [2.24, 2.45) is 0 Å². The fourth-order valence-corrected chi connectivity index (χ4v) is 3.51. The van der Waals surface area contributed by atoms with E-state index in [0.29, 0.717) is 18.7 Å². The van der Waals surface area contributed by atoms with E-state index in [0.717, 1.165) is 11.1 Å². The van der Waals surface area contributed by atoms with Gasteiger partial charge in [0.1, 0.15) is 11.3 Å². The molecule has 0 fully saturated rings. The second-order valence-electron chi connectivity index (χ2n) is 7.11. The highest BCUT2D eigenvalue weighted by atomic mass is 16.5. The normalized spacial score (nSPS) is 15.8. The van der Waals surface area contributed by atoms with Gasteiger partial charge >= 0.3 is 11.9 Å². The van der Waals surface area contributed by atoms with Crippen molar-refractivity contribution >= 4 is 23.5 Å². The Bertz CT molecular complexity index is 983. The molecule has 3 rings (SSSR count). The molecule has 1 heterocycles. The number of amides is 1. The Morgan fingerprint density at radius 2 is 1.74 bits per heavy atom. The molecule has 1 unspecified atom stereocenters. The molecular weight excluding hydrogens is 396 g/mol. The maximum absolute atomic E-state index is 13.4. The van der Waals surface area contributed by atoms with Crippen LogP contribution in [0.25, 0.3) is 0 Å². The van der Waals surface area contributed by atoms with Crippen molar-refractivity contribution in [2.45, 2.75) is 26.3 Å². The van der Waals surface area contributed by atoms with Crippen molar-refractivity contribution in [3.05, 3.63) is 77.0 Å². The summed E-state index contributed by atoms with van der Waals surface area (Å²) < 4.78 is 10.1. The lowest BCUT2D eigenvalue weighted by atomic mass is 10.1. The van der Waals surface area contributed by atoms with E-state index in [1.807, 2.05) is 49.4 Å². The summed E-state index contributed by atoms with van der Waals surface area (Å²) in [5.41, 5.74) is 2.60. The third-order valence-corrected chi connectivity index (χ3v) is 5.02. The number of hydrogen-bond donors (Lipinski definition) is 1. The van der Waals surface area contributed by atoms with Crippen LogP contribution in [0.4, 0.5) is 5.69 Å². The van der Waals surface area contributed by atoms with Gasteiger partial charge in [-0.1, -0.05) is 48.0 Å². The van der Waals surface area contributed by atoms with E-state index in [2.05, 4.69) is 5.32 Å². The highest BCUT2D eigenvalue weighted by molar-refractivity contribution is 6.20. The molecule has 0 saturated carbocycles. The van der Waals surface area contributed by atoms with Gasteiger partial charge in [0, 0.05) is 12.2 Å². The standard InChI is InChI=1S/C24H26N2O5/c1-4-31-24(29)21-19(23(28)30-3)20(25-15-14-17-8-6-5-7-9-17)22(27)26(21)18-12-10-16(2)11-13-18/h5-13,21,25H,4,14-15H2,1-3H3. The van der Waals surface area contributed by atoms with Gasteiger partial charge in [-0.25, -0.2) is 9.59 Å². The lowest BCUT2D eigenvalue weighted by Crippen LogP contribution is -2.43. The van der Waals surface area contributed by atoms with Crippen LogP contribution in [-0.2, 0) is 30.3 Å². The molecule has 0 bridgehead atoms. The highest BCUT2D eigenvalue weighted by Crippen LogP contribution is 2.32. The molecule has 0 radical (unpaired) electrons. The van der Waals surface area contributed by atoms with Gasteiger partial charge in [0.05, 0.1) is 13.7 Å². The summed E-state index contributed by atoms with van der Waals surface area (Å²) in [5.74, 6) is -1.91. The second-order valence-corrected chi connectivity index (χ2v) is 7.11. The quantitative estimate of drug-likeness (QED) is 0.658. The number of aryl methyl sites for hydroxylation is 1. The third-order valence-electron chi connectivity index (χ3n) is 5.02. The number of benzene rings is 2. The second kappa shape index (κ2) is 9.93. The molecule has 0 spiro atoms. The number of methoxy groups -OCH3 is 1. The fourth-order valence-electron chi connectivity index (χ4n) is 3.51. The molecule has 1 atom stereocenters. The molecule has 2 aromatic rings. The van der Waals surface area contributed by atoms with Crippen molar-refractivity contribution in [1.29, 1.82) is 0 Å². The number of ether oxygens (including phenoxy) is 2.